The first-order valence-corrected chi connectivity index (χ1v) is 7.21. The second-order valence-electron chi connectivity index (χ2n) is 4.94. The van der Waals surface area contributed by atoms with Crippen molar-refractivity contribution in [3.63, 3.8) is 0 Å². The van der Waals surface area contributed by atoms with Crippen LogP contribution in [0, 0.1) is 0 Å². The van der Waals surface area contributed by atoms with Crippen LogP contribution >= 0.6 is 0 Å². The average molecular weight is 269 g/mol. The van der Waals surface area contributed by atoms with Gasteiger partial charge in [-0.3, -0.25) is 0 Å². The highest BCUT2D eigenvalue weighted by atomic mass is 16.5. The van der Waals surface area contributed by atoms with Gasteiger partial charge in [0.2, 0.25) is 0 Å². The third-order valence-electron chi connectivity index (χ3n) is 3.53. The lowest BCUT2D eigenvalue weighted by Crippen LogP contribution is -2.21. The molecule has 2 heteroatoms. The second kappa shape index (κ2) is 7.83. The Bertz CT molecular complexity index is 493. The standard InChI is InChI=1S/C18H23NO/c1-3-15-9-11-17(12-10-15)18(19-2)14-20-13-16-7-5-4-6-8-16/h4-12,18-19H,3,13-14H2,1-2H3. The largest absolute Gasteiger partial charge is 0.375 e. The van der Waals surface area contributed by atoms with Gasteiger partial charge in [-0.1, -0.05) is 61.5 Å². The van der Waals surface area contributed by atoms with Gasteiger partial charge in [0.25, 0.3) is 0 Å². The maximum absolute atomic E-state index is 5.82. The lowest BCUT2D eigenvalue weighted by atomic mass is 10.0. The van der Waals surface area contributed by atoms with Crippen LogP contribution in [0.5, 0.6) is 0 Å². The minimum absolute atomic E-state index is 0.240. The molecule has 0 bridgehead atoms. The maximum atomic E-state index is 5.82. The van der Waals surface area contributed by atoms with Gasteiger partial charge in [0.05, 0.1) is 19.3 Å². The van der Waals surface area contributed by atoms with E-state index < -0.39 is 0 Å². The third kappa shape index (κ3) is 4.19. The van der Waals surface area contributed by atoms with Crippen molar-refractivity contribution in [2.45, 2.75) is 26.0 Å². The van der Waals surface area contributed by atoms with Gasteiger partial charge >= 0.3 is 0 Å². The minimum atomic E-state index is 0.240. The van der Waals surface area contributed by atoms with Crippen molar-refractivity contribution in [3.8, 4) is 0 Å². The van der Waals surface area contributed by atoms with Gasteiger partial charge in [0.15, 0.2) is 0 Å². The maximum Gasteiger partial charge on any atom is 0.0717 e. The van der Waals surface area contributed by atoms with Crippen molar-refractivity contribution in [1.29, 1.82) is 0 Å². The highest BCUT2D eigenvalue weighted by molar-refractivity contribution is 5.25. The molecule has 1 atom stereocenters. The van der Waals surface area contributed by atoms with E-state index in [0.29, 0.717) is 13.2 Å². The topological polar surface area (TPSA) is 21.3 Å². The average Bonchev–Trinajstić information content (AvgIpc) is 2.53. The van der Waals surface area contributed by atoms with Gasteiger partial charge in [-0.15, -0.1) is 0 Å². The Kier molecular flexibility index (Phi) is 5.78. The number of nitrogens with one attached hydrogen (secondary N) is 1. The molecular formula is C18H23NO. The van der Waals surface area contributed by atoms with Crippen LogP contribution in [0.3, 0.4) is 0 Å². The van der Waals surface area contributed by atoms with E-state index in [1.54, 1.807) is 0 Å². The van der Waals surface area contributed by atoms with Crippen LogP contribution in [0.2, 0.25) is 0 Å². The number of benzene rings is 2. The van der Waals surface area contributed by atoms with E-state index in [9.17, 15) is 0 Å². The number of hydrogen-bond acceptors (Lipinski definition) is 2. The molecule has 1 unspecified atom stereocenters. The lowest BCUT2D eigenvalue weighted by molar-refractivity contribution is 0.101. The monoisotopic (exact) mass is 269 g/mol. The molecule has 106 valence electrons. The highest BCUT2D eigenvalue weighted by Gasteiger charge is 2.09. The fraction of sp³-hybridized carbons (Fsp3) is 0.333. The Labute approximate surface area is 121 Å². The van der Waals surface area contributed by atoms with E-state index in [1.165, 1.54) is 16.7 Å². The van der Waals surface area contributed by atoms with Crippen LogP contribution in [0.1, 0.15) is 29.7 Å². The number of likely N-dealkylation sites (N-methyl/N-ethyl adjacent to an activating group) is 1. The van der Waals surface area contributed by atoms with Crippen molar-refractivity contribution >= 4 is 0 Å². The van der Waals surface area contributed by atoms with E-state index in [-0.39, 0.29) is 6.04 Å². The normalized spacial score (nSPS) is 12.3. The van der Waals surface area contributed by atoms with Crippen molar-refractivity contribution < 1.29 is 4.74 Å². The van der Waals surface area contributed by atoms with Gasteiger partial charge in [-0.25, -0.2) is 0 Å². The first kappa shape index (κ1) is 14.8. The number of ether oxygens (including phenoxy) is 1. The first-order chi connectivity index (χ1) is 9.83. The molecule has 0 saturated carbocycles. The molecule has 0 saturated heterocycles. The zero-order valence-corrected chi connectivity index (χ0v) is 12.3. The lowest BCUT2D eigenvalue weighted by Gasteiger charge is -2.17. The van der Waals surface area contributed by atoms with Crippen molar-refractivity contribution in [2.24, 2.45) is 0 Å². The number of rotatable bonds is 7. The SMILES string of the molecule is CCc1ccc(C(COCc2ccccc2)NC)cc1. The summed E-state index contributed by atoms with van der Waals surface area (Å²) in [6.45, 7) is 3.51. The van der Waals surface area contributed by atoms with Gasteiger partial charge in [-0.2, -0.15) is 0 Å². The molecule has 0 amide bonds. The summed E-state index contributed by atoms with van der Waals surface area (Å²) >= 11 is 0. The second-order valence-corrected chi connectivity index (χ2v) is 4.94. The summed E-state index contributed by atoms with van der Waals surface area (Å²) in [6.07, 6.45) is 1.08. The Hall–Kier alpha value is -1.64. The van der Waals surface area contributed by atoms with Crippen LogP contribution in [-0.4, -0.2) is 13.7 Å². The molecule has 0 aliphatic rings. The Morgan fingerprint density at radius 2 is 1.65 bits per heavy atom. The molecule has 2 aromatic carbocycles. The van der Waals surface area contributed by atoms with E-state index in [4.69, 9.17) is 4.74 Å². The fourth-order valence-corrected chi connectivity index (χ4v) is 2.20. The van der Waals surface area contributed by atoms with E-state index in [2.05, 4.69) is 48.6 Å². The van der Waals surface area contributed by atoms with Crippen LogP contribution in [0.15, 0.2) is 54.6 Å². The first-order valence-electron chi connectivity index (χ1n) is 7.21. The van der Waals surface area contributed by atoms with Gasteiger partial charge in [-0.05, 0) is 30.2 Å². The molecule has 0 spiro atoms. The zero-order chi connectivity index (χ0) is 14.2. The van der Waals surface area contributed by atoms with Crippen molar-refractivity contribution in [2.75, 3.05) is 13.7 Å². The third-order valence-corrected chi connectivity index (χ3v) is 3.53. The van der Waals surface area contributed by atoms with E-state index >= 15 is 0 Å². The Morgan fingerprint density at radius 1 is 0.950 bits per heavy atom. The summed E-state index contributed by atoms with van der Waals surface area (Å²) in [6, 6.07) is 19.3. The minimum Gasteiger partial charge on any atom is -0.375 e. The molecule has 2 aromatic rings. The molecule has 1 N–H and O–H groups in total. The van der Waals surface area contributed by atoms with E-state index in [1.807, 2.05) is 25.2 Å². The van der Waals surface area contributed by atoms with Crippen molar-refractivity contribution in [3.05, 3.63) is 71.3 Å². The molecule has 0 aliphatic heterocycles. The van der Waals surface area contributed by atoms with Crippen LogP contribution < -0.4 is 5.32 Å². The highest BCUT2D eigenvalue weighted by Crippen LogP contribution is 2.15. The number of hydrogen-bond donors (Lipinski definition) is 1. The summed E-state index contributed by atoms with van der Waals surface area (Å²) in [5, 5.41) is 3.32. The Morgan fingerprint density at radius 3 is 2.25 bits per heavy atom. The number of aryl methyl sites for hydroxylation is 1. The molecule has 2 nitrogen and oxygen atoms in total. The molecule has 0 aromatic heterocycles. The smallest absolute Gasteiger partial charge is 0.0717 e. The van der Waals surface area contributed by atoms with Gasteiger partial charge < -0.3 is 10.1 Å². The van der Waals surface area contributed by atoms with Gasteiger partial charge in [0, 0.05) is 0 Å². The fourth-order valence-electron chi connectivity index (χ4n) is 2.20. The Balaban J connectivity index is 1.88. The van der Waals surface area contributed by atoms with Gasteiger partial charge in [0.1, 0.15) is 0 Å². The molecule has 0 fully saturated rings. The van der Waals surface area contributed by atoms with Crippen molar-refractivity contribution in [1.82, 2.24) is 5.32 Å². The van der Waals surface area contributed by atoms with Crippen LogP contribution in [-0.2, 0) is 17.8 Å². The molecule has 20 heavy (non-hydrogen) atoms. The summed E-state index contributed by atoms with van der Waals surface area (Å²) in [7, 11) is 1.98. The van der Waals surface area contributed by atoms with Crippen LogP contribution in [0.4, 0.5) is 0 Å². The molecule has 2 rings (SSSR count). The molecule has 0 aliphatic carbocycles. The predicted octanol–water partition coefficient (Wildman–Crippen LogP) is 3.73. The molecular weight excluding hydrogens is 246 g/mol. The quantitative estimate of drug-likeness (QED) is 0.827. The summed E-state index contributed by atoms with van der Waals surface area (Å²) in [4.78, 5) is 0. The predicted molar refractivity (Wildman–Crippen MR) is 83.7 cm³/mol. The zero-order valence-electron chi connectivity index (χ0n) is 12.3. The summed E-state index contributed by atoms with van der Waals surface area (Å²) in [5.41, 5.74) is 3.86. The molecule has 0 heterocycles. The molecule has 0 radical (unpaired) electrons. The van der Waals surface area contributed by atoms with Crippen LogP contribution in [0.25, 0.3) is 0 Å². The summed E-state index contributed by atoms with van der Waals surface area (Å²) in [5.74, 6) is 0. The van der Waals surface area contributed by atoms with E-state index in [0.717, 1.165) is 6.42 Å². The summed E-state index contributed by atoms with van der Waals surface area (Å²) < 4.78 is 5.82.